The third-order valence-corrected chi connectivity index (χ3v) is 5.30. The smallest absolute Gasteiger partial charge is 0.339 e. The largest absolute Gasteiger partial charge is 0.462 e. The summed E-state index contributed by atoms with van der Waals surface area (Å²) in [7, 11) is 0. The van der Waals surface area contributed by atoms with Crippen LogP contribution in [0.4, 0.5) is 4.39 Å². The number of esters is 1. The first-order chi connectivity index (χ1) is 16.0. The van der Waals surface area contributed by atoms with Gasteiger partial charge < -0.3 is 14.6 Å². The summed E-state index contributed by atoms with van der Waals surface area (Å²) in [5.74, 6) is -1.25. The van der Waals surface area contributed by atoms with Gasteiger partial charge in [-0.2, -0.15) is 0 Å². The Morgan fingerprint density at radius 3 is 2.58 bits per heavy atom. The lowest BCUT2D eigenvalue weighted by Gasteiger charge is -2.20. The Labute approximate surface area is 190 Å². The van der Waals surface area contributed by atoms with E-state index in [1.165, 1.54) is 24.3 Å². The number of amides is 1. The number of benzene rings is 2. The SMILES string of the molecule is CCOC(=O)c1ccc(C(=O)NC(Cn2cnc3ccccc32)c2ccc(F)cc2)nc1C. The van der Waals surface area contributed by atoms with Gasteiger partial charge in [0.1, 0.15) is 11.5 Å². The molecule has 0 bridgehead atoms. The Hall–Kier alpha value is -4.07. The number of carbonyl (C=O) groups is 2. The molecule has 0 saturated carbocycles. The van der Waals surface area contributed by atoms with Crippen molar-refractivity contribution in [2.45, 2.75) is 26.4 Å². The number of rotatable bonds is 7. The number of imidazole rings is 1. The Morgan fingerprint density at radius 2 is 1.85 bits per heavy atom. The van der Waals surface area contributed by atoms with Crippen LogP contribution in [0.3, 0.4) is 0 Å². The van der Waals surface area contributed by atoms with Gasteiger partial charge in [-0.25, -0.2) is 19.2 Å². The average Bonchev–Trinajstić information content (AvgIpc) is 3.22. The van der Waals surface area contributed by atoms with Crippen molar-refractivity contribution in [1.29, 1.82) is 0 Å². The van der Waals surface area contributed by atoms with E-state index in [1.54, 1.807) is 32.3 Å². The molecule has 1 atom stereocenters. The summed E-state index contributed by atoms with van der Waals surface area (Å²) in [4.78, 5) is 33.8. The molecule has 2 heterocycles. The number of nitrogens with one attached hydrogen (secondary N) is 1. The number of hydrogen-bond donors (Lipinski definition) is 1. The molecule has 2 aromatic carbocycles. The summed E-state index contributed by atoms with van der Waals surface area (Å²) in [6.45, 7) is 4.01. The highest BCUT2D eigenvalue weighted by Gasteiger charge is 2.20. The summed E-state index contributed by atoms with van der Waals surface area (Å²) >= 11 is 0. The highest BCUT2D eigenvalue weighted by atomic mass is 19.1. The van der Waals surface area contributed by atoms with Gasteiger partial charge in [-0.15, -0.1) is 0 Å². The highest BCUT2D eigenvalue weighted by molar-refractivity contribution is 5.95. The molecule has 2 aromatic heterocycles. The van der Waals surface area contributed by atoms with Crippen LogP contribution in [0.2, 0.25) is 0 Å². The van der Waals surface area contributed by atoms with Gasteiger partial charge in [-0.3, -0.25) is 4.79 Å². The molecule has 1 amide bonds. The van der Waals surface area contributed by atoms with E-state index in [-0.39, 0.29) is 18.1 Å². The van der Waals surface area contributed by atoms with Gasteiger partial charge in [0.15, 0.2) is 0 Å². The molecule has 168 valence electrons. The maximum absolute atomic E-state index is 13.5. The molecule has 0 fully saturated rings. The van der Waals surface area contributed by atoms with Crippen LogP contribution in [0.15, 0.2) is 67.0 Å². The van der Waals surface area contributed by atoms with Crippen LogP contribution in [0, 0.1) is 12.7 Å². The summed E-state index contributed by atoms with van der Waals surface area (Å²) in [6.07, 6.45) is 1.71. The van der Waals surface area contributed by atoms with E-state index < -0.39 is 17.9 Å². The number of pyridine rings is 1. The minimum atomic E-state index is -0.481. The zero-order chi connectivity index (χ0) is 23.4. The van der Waals surface area contributed by atoms with Crippen molar-refractivity contribution in [2.24, 2.45) is 0 Å². The number of fused-ring (bicyclic) bond motifs is 1. The Kier molecular flexibility index (Phi) is 6.44. The molecule has 0 aliphatic rings. The van der Waals surface area contributed by atoms with Crippen LogP contribution in [-0.2, 0) is 11.3 Å². The first-order valence-corrected chi connectivity index (χ1v) is 10.6. The standard InChI is InChI=1S/C25H23FN4O3/c1-3-33-25(32)19-12-13-21(28-16(19)2)24(31)29-22(17-8-10-18(26)11-9-17)14-30-15-27-20-6-4-5-7-23(20)30/h4-13,15,22H,3,14H2,1-2H3,(H,29,31). The van der Waals surface area contributed by atoms with Crippen molar-refractivity contribution in [3.05, 3.63) is 95.3 Å². The number of aromatic nitrogens is 3. The van der Waals surface area contributed by atoms with E-state index >= 15 is 0 Å². The van der Waals surface area contributed by atoms with Crippen molar-refractivity contribution in [2.75, 3.05) is 6.61 Å². The lowest BCUT2D eigenvalue weighted by molar-refractivity contribution is 0.0524. The first kappa shape index (κ1) is 22.1. The fourth-order valence-corrected chi connectivity index (χ4v) is 3.63. The molecule has 1 unspecified atom stereocenters. The second kappa shape index (κ2) is 9.60. The maximum atomic E-state index is 13.5. The van der Waals surface area contributed by atoms with E-state index in [4.69, 9.17) is 4.74 Å². The third kappa shape index (κ3) is 4.90. The molecule has 4 aromatic rings. The zero-order valence-electron chi connectivity index (χ0n) is 18.3. The Bertz CT molecular complexity index is 1300. The number of hydrogen-bond acceptors (Lipinski definition) is 5. The second-order valence-corrected chi connectivity index (χ2v) is 7.51. The number of halogens is 1. The lowest BCUT2D eigenvalue weighted by Crippen LogP contribution is -2.32. The van der Waals surface area contributed by atoms with Crippen LogP contribution in [0.1, 0.15) is 45.1 Å². The van der Waals surface area contributed by atoms with E-state index in [9.17, 15) is 14.0 Å². The number of nitrogens with zero attached hydrogens (tertiary/aromatic N) is 3. The predicted octanol–water partition coefficient (Wildman–Crippen LogP) is 4.23. The van der Waals surface area contributed by atoms with Crippen LogP contribution in [-0.4, -0.2) is 33.0 Å². The number of aryl methyl sites for hydroxylation is 1. The Balaban J connectivity index is 1.61. The summed E-state index contributed by atoms with van der Waals surface area (Å²) in [5, 5.41) is 2.98. The van der Waals surface area contributed by atoms with E-state index in [2.05, 4.69) is 15.3 Å². The summed E-state index contributed by atoms with van der Waals surface area (Å²) in [5.41, 5.74) is 3.39. The van der Waals surface area contributed by atoms with Gasteiger partial charge in [0.05, 0.1) is 41.3 Å². The van der Waals surface area contributed by atoms with Crippen LogP contribution in [0.5, 0.6) is 0 Å². The molecular formula is C25H23FN4O3. The highest BCUT2D eigenvalue weighted by Crippen LogP contribution is 2.20. The third-order valence-electron chi connectivity index (χ3n) is 5.30. The Morgan fingerprint density at radius 1 is 1.09 bits per heavy atom. The molecule has 0 radical (unpaired) electrons. The van der Waals surface area contributed by atoms with Crippen molar-refractivity contribution in [1.82, 2.24) is 19.9 Å². The van der Waals surface area contributed by atoms with E-state index in [0.29, 0.717) is 17.8 Å². The molecule has 8 heteroatoms. The lowest BCUT2D eigenvalue weighted by atomic mass is 10.1. The molecular weight excluding hydrogens is 423 g/mol. The van der Waals surface area contributed by atoms with Gasteiger partial charge in [0.25, 0.3) is 5.91 Å². The average molecular weight is 446 g/mol. The van der Waals surface area contributed by atoms with Gasteiger partial charge in [0.2, 0.25) is 0 Å². The van der Waals surface area contributed by atoms with E-state index in [0.717, 1.165) is 16.6 Å². The minimum absolute atomic E-state index is 0.170. The predicted molar refractivity (Wildman–Crippen MR) is 121 cm³/mol. The summed E-state index contributed by atoms with van der Waals surface area (Å²) in [6, 6.07) is 16.2. The van der Waals surface area contributed by atoms with Crippen molar-refractivity contribution < 1.29 is 18.7 Å². The maximum Gasteiger partial charge on any atom is 0.339 e. The van der Waals surface area contributed by atoms with Crippen LogP contribution >= 0.6 is 0 Å². The van der Waals surface area contributed by atoms with Gasteiger partial charge in [-0.05, 0) is 55.8 Å². The molecule has 0 aliphatic carbocycles. The second-order valence-electron chi connectivity index (χ2n) is 7.51. The fraction of sp³-hybridized carbons (Fsp3) is 0.200. The topological polar surface area (TPSA) is 86.1 Å². The molecule has 1 N–H and O–H groups in total. The molecule has 4 rings (SSSR count). The van der Waals surface area contributed by atoms with Crippen LogP contribution in [0.25, 0.3) is 11.0 Å². The van der Waals surface area contributed by atoms with Crippen molar-refractivity contribution in [3.63, 3.8) is 0 Å². The number of carbonyl (C=O) groups excluding carboxylic acids is 2. The number of ether oxygens (including phenoxy) is 1. The first-order valence-electron chi connectivity index (χ1n) is 10.6. The minimum Gasteiger partial charge on any atom is -0.462 e. The molecule has 7 nitrogen and oxygen atoms in total. The summed E-state index contributed by atoms with van der Waals surface area (Å²) < 4.78 is 20.5. The zero-order valence-corrected chi connectivity index (χ0v) is 18.3. The van der Waals surface area contributed by atoms with Gasteiger partial charge in [0, 0.05) is 6.54 Å². The molecule has 0 spiro atoms. The van der Waals surface area contributed by atoms with Crippen molar-refractivity contribution >= 4 is 22.9 Å². The van der Waals surface area contributed by atoms with E-state index in [1.807, 2.05) is 28.8 Å². The molecule has 0 saturated heterocycles. The van der Waals surface area contributed by atoms with Gasteiger partial charge in [-0.1, -0.05) is 24.3 Å². The normalized spacial score (nSPS) is 11.8. The van der Waals surface area contributed by atoms with Crippen LogP contribution < -0.4 is 5.32 Å². The molecule has 0 aliphatic heterocycles. The van der Waals surface area contributed by atoms with Gasteiger partial charge >= 0.3 is 5.97 Å². The monoisotopic (exact) mass is 446 g/mol. The van der Waals surface area contributed by atoms with Crippen molar-refractivity contribution in [3.8, 4) is 0 Å². The quantitative estimate of drug-likeness (QED) is 0.430. The molecule has 33 heavy (non-hydrogen) atoms. The number of para-hydroxylation sites is 2. The fourth-order valence-electron chi connectivity index (χ4n) is 3.63.